The summed E-state index contributed by atoms with van der Waals surface area (Å²) in [5, 5.41) is 17.8. The van der Waals surface area contributed by atoms with Gasteiger partial charge in [-0.05, 0) is 24.3 Å². The van der Waals surface area contributed by atoms with Crippen LogP contribution in [0.1, 0.15) is 5.56 Å². The predicted octanol–water partition coefficient (Wildman–Crippen LogP) is 0.722. The van der Waals surface area contributed by atoms with Crippen LogP contribution in [0, 0.1) is 11.3 Å². The van der Waals surface area contributed by atoms with Crippen molar-refractivity contribution >= 4 is 5.97 Å². The summed E-state index contributed by atoms with van der Waals surface area (Å²) in [6.07, 6.45) is 0. The summed E-state index contributed by atoms with van der Waals surface area (Å²) in [5.74, 6) is -0.202. The van der Waals surface area contributed by atoms with Gasteiger partial charge in [0.1, 0.15) is 18.4 Å². The molecule has 1 unspecified atom stereocenters. The SMILES string of the molecule is N#Cc1ccc(OCCN2CCOCC2C(=O)O)cc1. The van der Waals surface area contributed by atoms with Gasteiger partial charge in [0.25, 0.3) is 0 Å². The summed E-state index contributed by atoms with van der Waals surface area (Å²) in [4.78, 5) is 12.9. The van der Waals surface area contributed by atoms with E-state index in [4.69, 9.17) is 19.8 Å². The van der Waals surface area contributed by atoms with E-state index in [1.165, 1.54) is 0 Å². The maximum absolute atomic E-state index is 11.1. The van der Waals surface area contributed by atoms with Crippen LogP contribution in [0.5, 0.6) is 5.75 Å². The number of benzene rings is 1. The van der Waals surface area contributed by atoms with E-state index in [9.17, 15) is 4.79 Å². The van der Waals surface area contributed by atoms with Gasteiger partial charge in [0.2, 0.25) is 0 Å². The Morgan fingerprint density at radius 2 is 2.25 bits per heavy atom. The van der Waals surface area contributed by atoms with Crippen LogP contribution in [0.4, 0.5) is 0 Å². The summed E-state index contributed by atoms with van der Waals surface area (Å²) in [7, 11) is 0. The third kappa shape index (κ3) is 3.70. The van der Waals surface area contributed by atoms with E-state index < -0.39 is 12.0 Å². The van der Waals surface area contributed by atoms with Crippen molar-refractivity contribution in [2.75, 3.05) is 32.9 Å². The summed E-state index contributed by atoms with van der Waals surface area (Å²) in [6, 6.07) is 8.26. The third-order valence-electron chi connectivity index (χ3n) is 3.16. The van der Waals surface area contributed by atoms with Crippen molar-refractivity contribution in [2.45, 2.75) is 6.04 Å². The van der Waals surface area contributed by atoms with E-state index in [0.29, 0.717) is 37.6 Å². The van der Waals surface area contributed by atoms with Crippen molar-refractivity contribution in [3.8, 4) is 11.8 Å². The number of nitrogens with zero attached hydrogens (tertiary/aromatic N) is 2. The second-order valence-corrected chi connectivity index (χ2v) is 4.45. The highest BCUT2D eigenvalue weighted by Crippen LogP contribution is 2.12. The smallest absolute Gasteiger partial charge is 0.323 e. The fourth-order valence-electron chi connectivity index (χ4n) is 2.04. The highest BCUT2D eigenvalue weighted by atomic mass is 16.5. The van der Waals surface area contributed by atoms with Crippen molar-refractivity contribution in [3.05, 3.63) is 29.8 Å². The zero-order chi connectivity index (χ0) is 14.4. The maximum atomic E-state index is 11.1. The van der Waals surface area contributed by atoms with Crippen molar-refractivity contribution in [3.63, 3.8) is 0 Å². The Hall–Kier alpha value is -2.10. The summed E-state index contributed by atoms with van der Waals surface area (Å²) in [6.45, 7) is 2.27. The van der Waals surface area contributed by atoms with Crippen LogP contribution in [0.3, 0.4) is 0 Å². The molecule has 106 valence electrons. The Morgan fingerprint density at radius 3 is 2.90 bits per heavy atom. The van der Waals surface area contributed by atoms with E-state index in [-0.39, 0.29) is 6.61 Å². The number of hydrogen-bond acceptors (Lipinski definition) is 5. The van der Waals surface area contributed by atoms with E-state index >= 15 is 0 Å². The number of hydrogen-bond donors (Lipinski definition) is 1. The topological polar surface area (TPSA) is 82.8 Å². The van der Waals surface area contributed by atoms with E-state index in [0.717, 1.165) is 0 Å². The molecule has 1 heterocycles. The van der Waals surface area contributed by atoms with Crippen LogP contribution in [-0.4, -0.2) is 54.9 Å². The quantitative estimate of drug-likeness (QED) is 0.853. The van der Waals surface area contributed by atoms with Gasteiger partial charge >= 0.3 is 5.97 Å². The highest BCUT2D eigenvalue weighted by Gasteiger charge is 2.28. The minimum absolute atomic E-state index is 0.214. The van der Waals surface area contributed by atoms with Crippen LogP contribution in [0.25, 0.3) is 0 Å². The normalized spacial score (nSPS) is 19.2. The number of carbonyl (C=O) groups is 1. The van der Waals surface area contributed by atoms with E-state index in [2.05, 4.69) is 0 Å². The fourth-order valence-corrected chi connectivity index (χ4v) is 2.04. The zero-order valence-corrected chi connectivity index (χ0v) is 11.0. The van der Waals surface area contributed by atoms with Crippen LogP contribution >= 0.6 is 0 Å². The molecule has 0 bridgehead atoms. The van der Waals surface area contributed by atoms with Gasteiger partial charge in [-0.1, -0.05) is 0 Å². The molecule has 1 aromatic carbocycles. The molecule has 1 N–H and O–H groups in total. The van der Waals surface area contributed by atoms with Gasteiger partial charge in [-0.25, -0.2) is 0 Å². The minimum Gasteiger partial charge on any atom is -0.492 e. The molecular weight excluding hydrogens is 260 g/mol. The summed E-state index contributed by atoms with van der Waals surface area (Å²) < 4.78 is 10.7. The molecule has 1 aliphatic rings. The first-order valence-electron chi connectivity index (χ1n) is 6.38. The van der Waals surface area contributed by atoms with E-state index in [1.54, 1.807) is 24.3 Å². The van der Waals surface area contributed by atoms with Gasteiger partial charge in [-0.2, -0.15) is 5.26 Å². The molecule has 1 atom stereocenters. The lowest BCUT2D eigenvalue weighted by molar-refractivity contribution is -0.149. The molecule has 1 fully saturated rings. The van der Waals surface area contributed by atoms with Gasteiger partial charge < -0.3 is 14.6 Å². The Balaban J connectivity index is 1.82. The molecule has 0 amide bonds. The Bertz CT molecular complexity index is 495. The highest BCUT2D eigenvalue weighted by molar-refractivity contribution is 5.73. The lowest BCUT2D eigenvalue weighted by Gasteiger charge is -2.32. The first kappa shape index (κ1) is 14.3. The molecule has 0 saturated carbocycles. The van der Waals surface area contributed by atoms with Crippen LogP contribution in [-0.2, 0) is 9.53 Å². The second-order valence-electron chi connectivity index (χ2n) is 4.45. The van der Waals surface area contributed by atoms with Crippen molar-refractivity contribution in [2.24, 2.45) is 0 Å². The molecule has 1 aliphatic heterocycles. The van der Waals surface area contributed by atoms with Gasteiger partial charge in [0, 0.05) is 13.1 Å². The van der Waals surface area contributed by atoms with Crippen molar-refractivity contribution in [1.29, 1.82) is 5.26 Å². The van der Waals surface area contributed by atoms with Gasteiger partial charge in [-0.15, -0.1) is 0 Å². The molecule has 6 heteroatoms. The standard InChI is InChI=1S/C14H16N2O4/c15-9-11-1-3-12(4-2-11)20-8-6-16-5-7-19-10-13(16)14(17)18/h1-4,13H,5-8,10H2,(H,17,18). The first-order chi connectivity index (χ1) is 9.70. The van der Waals surface area contributed by atoms with Crippen LogP contribution in [0.15, 0.2) is 24.3 Å². The average molecular weight is 276 g/mol. The number of ether oxygens (including phenoxy) is 2. The molecule has 20 heavy (non-hydrogen) atoms. The van der Waals surface area contributed by atoms with Gasteiger partial charge in [0.05, 0.1) is 24.8 Å². The summed E-state index contributed by atoms with van der Waals surface area (Å²) >= 11 is 0. The zero-order valence-electron chi connectivity index (χ0n) is 11.0. The number of carboxylic acids is 1. The van der Waals surface area contributed by atoms with Gasteiger partial charge in [-0.3, -0.25) is 9.69 Å². The minimum atomic E-state index is -0.872. The maximum Gasteiger partial charge on any atom is 0.323 e. The number of morpholine rings is 1. The lowest BCUT2D eigenvalue weighted by atomic mass is 10.2. The van der Waals surface area contributed by atoms with E-state index in [1.807, 2.05) is 11.0 Å². The lowest BCUT2D eigenvalue weighted by Crippen LogP contribution is -2.51. The molecule has 6 nitrogen and oxygen atoms in total. The third-order valence-corrected chi connectivity index (χ3v) is 3.16. The van der Waals surface area contributed by atoms with Crippen LogP contribution in [0.2, 0.25) is 0 Å². The molecule has 1 aromatic rings. The number of carboxylic acid groups (broad SMARTS) is 1. The van der Waals surface area contributed by atoms with Crippen molar-refractivity contribution < 1.29 is 19.4 Å². The Labute approximate surface area is 117 Å². The molecule has 0 aromatic heterocycles. The molecule has 1 saturated heterocycles. The average Bonchev–Trinajstić information content (AvgIpc) is 2.48. The fraction of sp³-hybridized carbons (Fsp3) is 0.429. The molecule has 2 rings (SSSR count). The predicted molar refractivity (Wildman–Crippen MR) is 70.5 cm³/mol. The number of aliphatic carboxylic acids is 1. The molecule has 0 aliphatic carbocycles. The Kier molecular flexibility index (Phi) is 4.93. The first-order valence-corrected chi connectivity index (χ1v) is 6.38. The second kappa shape index (κ2) is 6.89. The number of nitriles is 1. The van der Waals surface area contributed by atoms with Crippen LogP contribution < -0.4 is 4.74 Å². The number of rotatable bonds is 5. The Morgan fingerprint density at radius 1 is 1.50 bits per heavy atom. The summed E-state index contributed by atoms with van der Waals surface area (Å²) in [5.41, 5.74) is 0.580. The monoisotopic (exact) mass is 276 g/mol. The largest absolute Gasteiger partial charge is 0.492 e. The van der Waals surface area contributed by atoms with Crippen molar-refractivity contribution in [1.82, 2.24) is 4.90 Å². The molecular formula is C14H16N2O4. The molecule has 0 radical (unpaired) electrons. The van der Waals surface area contributed by atoms with Gasteiger partial charge in [0.15, 0.2) is 0 Å². The molecule has 0 spiro atoms.